The van der Waals surface area contributed by atoms with E-state index in [1.54, 1.807) is 0 Å². The second-order valence-corrected chi connectivity index (χ2v) is 16.4. The molecule has 0 unspecified atom stereocenters. The van der Waals surface area contributed by atoms with Crippen LogP contribution in [0.5, 0.6) is 0 Å². The van der Waals surface area contributed by atoms with E-state index in [2.05, 4.69) is 219 Å². The molecular formula is C56H39N. The fourth-order valence-corrected chi connectivity index (χ4v) is 10.9. The van der Waals surface area contributed by atoms with Crippen LogP contribution in [0.2, 0.25) is 0 Å². The van der Waals surface area contributed by atoms with Gasteiger partial charge in [0.2, 0.25) is 0 Å². The molecule has 1 heteroatoms. The van der Waals surface area contributed by atoms with E-state index in [0.717, 1.165) is 17.1 Å². The van der Waals surface area contributed by atoms with E-state index in [4.69, 9.17) is 0 Å². The lowest BCUT2D eigenvalue weighted by Gasteiger charge is -2.32. The fraction of sp³-hybridized carbons (Fsp3) is 0.0714. The van der Waals surface area contributed by atoms with Crippen LogP contribution in [0.15, 0.2) is 200 Å². The smallest absolute Gasteiger partial charge is 0.0726 e. The Labute approximate surface area is 334 Å². The summed E-state index contributed by atoms with van der Waals surface area (Å²) < 4.78 is 0. The summed E-state index contributed by atoms with van der Waals surface area (Å²) in [5.74, 6) is 0. The topological polar surface area (TPSA) is 3.24 Å². The van der Waals surface area contributed by atoms with Gasteiger partial charge in [0.15, 0.2) is 0 Å². The van der Waals surface area contributed by atoms with Crippen molar-refractivity contribution in [3.05, 3.63) is 234 Å². The van der Waals surface area contributed by atoms with Crippen LogP contribution in [0.3, 0.4) is 0 Å². The second-order valence-electron chi connectivity index (χ2n) is 16.4. The maximum absolute atomic E-state index is 2.50. The van der Waals surface area contributed by atoms with Gasteiger partial charge in [0.1, 0.15) is 0 Å². The molecule has 0 aromatic heterocycles. The van der Waals surface area contributed by atoms with Crippen molar-refractivity contribution < 1.29 is 0 Å². The Hall–Kier alpha value is -6.96. The molecule has 0 bridgehead atoms. The van der Waals surface area contributed by atoms with E-state index in [9.17, 15) is 0 Å². The van der Waals surface area contributed by atoms with E-state index in [1.165, 1.54) is 88.7 Å². The van der Waals surface area contributed by atoms with Gasteiger partial charge in [-0.05, 0) is 131 Å². The first-order valence-corrected chi connectivity index (χ1v) is 20.1. The van der Waals surface area contributed by atoms with Crippen LogP contribution in [0.4, 0.5) is 17.1 Å². The highest BCUT2D eigenvalue weighted by Gasteiger charge is 2.51. The number of nitrogens with zero attached hydrogens (tertiary/aromatic N) is 1. The molecule has 0 atom stereocenters. The number of benzene rings is 9. The standard InChI is InChI=1S/C56H39N/c1-55(2)51-34-39(30-32-46(51)53-47(36-17-5-3-6-18-36)33-37-19-9-10-22-41(37)54(53)55)57(38-20-7-4-8-21-38)40-29-31-45-44-25-13-16-28-50(44)56(52(45)35-40)48-26-14-11-23-42(48)43-24-12-15-27-49(43)56/h3-35H,1-2H3. The Morgan fingerprint density at radius 1 is 0.351 bits per heavy atom. The van der Waals surface area contributed by atoms with Crippen molar-refractivity contribution in [2.75, 3.05) is 4.90 Å². The summed E-state index contributed by atoms with van der Waals surface area (Å²) in [6.07, 6.45) is 0. The Balaban J connectivity index is 1.09. The molecule has 0 aliphatic heterocycles. The quantitative estimate of drug-likeness (QED) is 0.175. The largest absolute Gasteiger partial charge is 0.310 e. The van der Waals surface area contributed by atoms with Crippen molar-refractivity contribution in [1.82, 2.24) is 0 Å². The Kier molecular flexibility index (Phi) is 6.67. The van der Waals surface area contributed by atoms with Gasteiger partial charge in [-0.2, -0.15) is 0 Å². The first-order valence-electron chi connectivity index (χ1n) is 20.1. The minimum Gasteiger partial charge on any atom is -0.310 e. The van der Waals surface area contributed by atoms with Crippen molar-refractivity contribution in [2.24, 2.45) is 0 Å². The van der Waals surface area contributed by atoms with Gasteiger partial charge in [0, 0.05) is 22.5 Å². The minimum atomic E-state index is -0.409. The summed E-state index contributed by atoms with van der Waals surface area (Å²) in [4.78, 5) is 2.47. The van der Waals surface area contributed by atoms with Crippen LogP contribution in [0.25, 0.3) is 55.3 Å². The summed E-state index contributed by atoms with van der Waals surface area (Å²) in [6, 6.07) is 74.8. The summed E-state index contributed by atoms with van der Waals surface area (Å²) in [7, 11) is 0. The molecule has 1 spiro atoms. The molecule has 57 heavy (non-hydrogen) atoms. The predicted octanol–water partition coefficient (Wildman–Crippen LogP) is 14.6. The van der Waals surface area contributed by atoms with Gasteiger partial charge < -0.3 is 4.90 Å². The zero-order chi connectivity index (χ0) is 37.9. The SMILES string of the molecule is CC1(C)c2cc(N(c3ccccc3)c3ccc4c(c3)C3(c5ccccc5-c5ccccc53)c3ccccc3-4)ccc2-c2c(-c3ccccc3)cc3ccccc3c21. The molecule has 0 N–H and O–H groups in total. The normalized spacial score (nSPS) is 14.4. The first-order chi connectivity index (χ1) is 28.0. The third-order valence-electron chi connectivity index (χ3n) is 13.2. The molecule has 9 aromatic carbocycles. The van der Waals surface area contributed by atoms with E-state index < -0.39 is 5.41 Å². The van der Waals surface area contributed by atoms with Gasteiger partial charge in [-0.1, -0.05) is 172 Å². The number of rotatable bonds is 4. The average Bonchev–Trinajstić information content (AvgIpc) is 3.83. The fourth-order valence-electron chi connectivity index (χ4n) is 10.9. The minimum absolute atomic E-state index is 0.228. The lowest BCUT2D eigenvalue weighted by Crippen LogP contribution is -2.26. The third kappa shape index (κ3) is 4.29. The highest BCUT2D eigenvalue weighted by atomic mass is 15.1. The van der Waals surface area contributed by atoms with Crippen molar-refractivity contribution in [3.8, 4) is 44.5 Å². The zero-order valence-electron chi connectivity index (χ0n) is 32.0. The van der Waals surface area contributed by atoms with Crippen LogP contribution >= 0.6 is 0 Å². The summed E-state index contributed by atoms with van der Waals surface area (Å²) in [5.41, 5.74) is 21.5. The van der Waals surface area contributed by atoms with E-state index in [-0.39, 0.29) is 5.41 Å². The van der Waals surface area contributed by atoms with Gasteiger partial charge in [-0.25, -0.2) is 0 Å². The second kappa shape index (κ2) is 11.8. The van der Waals surface area contributed by atoms with Crippen LogP contribution in [0, 0.1) is 0 Å². The van der Waals surface area contributed by atoms with Crippen LogP contribution in [-0.2, 0) is 10.8 Å². The zero-order valence-corrected chi connectivity index (χ0v) is 32.0. The van der Waals surface area contributed by atoms with Gasteiger partial charge in [0.05, 0.1) is 5.41 Å². The Morgan fingerprint density at radius 2 is 0.842 bits per heavy atom. The van der Waals surface area contributed by atoms with Crippen molar-refractivity contribution in [3.63, 3.8) is 0 Å². The molecule has 9 aromatic rings. The molecule has 3 aliphatic rings. The summed E-state index contributed by atoms with van der Waals surface area (Å²) >= 11 is 0. The molecule has 1 nitrogen and oxygen atoms in total. The van der Waals surface area contributed by atoms with Crippen molar-refractivity contribution in [1.29, 1.82) is 0 Å². The lowest BCUT2D eigenvalue weighted by atomic mass is 9.70. The number of hydrogen-bond donors (Lipinski definition) is 0. The number of anilines is 3. The van der Waals surface area contributed by atoms with Crippen molar-refractivity contribution in [2.45, 2.75) is 24.7 Å². The molecule has 0 saturated heterocycles. The molecule has 0 amide bonds. The van der Waals surface area contributed by atoms with E-state index in [1.807, 2.05) is 0 Å². The van der Waals surface area contributed by atoms with Gasteiger partial charge >= 0.3 is 0 Å². The van der Waals surface area contributed by atoms with Crippen LogP contribution in [0.1, 0.15) is 47.2 Å². The highest BCUT2D eigenvalue weighted by Crippen LogP contribution is 2.63. The van der Waals surface area contributed by atoms with Crippen molar-refractivity contribution >= 4 is 27.8 Å². The highest BCUT2D eigenvalue weighted by molar-refractivity contribution is 6.05. The molecule has 268 valence electrons. The molecule has 3 aliphatic carbocycles. The van der Waals surface area contributed by atoms with Crippen LogP contribution in [-0.4, -0.2) is 0 Å². The van der Waals surface area contributed by atoms with Gasteiger partial charge in [-0.15, -0.1) is 0 Å². The van der Waals surface area contributed by atoms with E-state index in [0.29, 0.717) is 0 Å². The Bertz CT molecular complexity index is 3030. The molecule has 0 heterocycles. The average molecular weight is 726 g/mol. The van der Waals surface area contributed by atoms with Gasteiger partial charge in [-0.3, -0.25) is 0 Å². The third-order valence-corrected chi connectivity index (χ3v) is 13.2. The maximum atomic E-state index is 2.50. The predicted molar refractivity (Wildman–Crippen MR) is 238 cm³/mol. The van der Waals surface area contributed by atoms with E-state index >= 15 is 0 Å². The van der Waals surface area contributed by atoms with Gasteiger partial charge in [0.25, 0.3) is 0 Å². The van der Waals surface area contributed by atoms with Crippen LogP contribution < -0.4 is 4.90 Å². The maximum Gasteiger partial charge on any atom is 0.0726 e. The molecular weight excluding hydrogens is 687 g/mol. The molecule has 0 saturated carbocycles. The summed E-state index contributed by atoms with van der Waals surface area (Å²) in [5, 5.41) is 2.61. The number of hydrogen-bond acceptors (Lipinski definition) is 1. The number of fused-ring (bicyclic) bond motifs is 15. The Morgan fingerprint density at radius 3 is 1.47 bits per heavy atom. The molecule has 0 radical (unpaired) electrons. The summed E-state index contributed by atoms with van der Waals surface area (Å²) in [6.45, 7) is 4.84. The molecule has 0 fully saturated rings. The first kappa shape index (κ1) is 32.3. The number of para-hydroxylation sites is 1. The lowest BCUT2D eigenvalue weighted by molar-refractivity contribution is 0.666. The molecule has 12 rings (SSSR count). The monoisotopic (exact) mass is 725 g/mol.